The van der Waals surface area contributed by atoms with Crippen LogP contribution in [-0.4, -0.2) is 66.1 Å². The van der Waals surface area contributed by atoms with E-state index in [-0.39, 0.29) is 5.92 Å². The fourth-order valence-electron chi connectivity index (χ4n) is 4.10. The van der Waals surface area contributed by atoms with Gasteiger partial charge in [0, 0.05) is 18.9 Å². The van der Waals surface area contributed by atoms with Crippen LogP contribution in [0.15, 0.2) is 64.6 Å². The second-order valence-electron chi connectivity index (χ2n) is 9.19. The summed E-state index contributed by atoms with van der Waals surface area (Å²) >= 11 is 0. The third kappa shape index (κ3) is 8.32. The Morgan fingerprint density at radius 3 is 2.08 bits per heavy atom. The first-order valence-corrected chi connectivity index (χ1v) is 14.3. The molecule has 3 aromatic rings. The van der Waals surface area contributed by atoms with Crippen LogP contribution in [0.1, 0.15) is 58.4 Å². The molecule has 9 nitrogen and oxygen atoms in total. The van der Waals surface area contributed by atoms with Crippen molar-refractivity contribution in [3.63, 3.8) is 0 Å². The van der Waals surface area contributed by atoms with Crippen molar-refractivity contribution in [2.24, 2.45) is 0 Å². The first-order valence-electron chi connectivity index (χ1n) is 12.8. The fourth-order valence-corrected chi connectivity index (χ4v) is 5.88. The summed E-state index contributed by atoms with van der Waals surface area (Å²) in [6, 6.07) is 12.5. The zero-order valence-electron chi connectivity index (χ0n) is 22.5. The molecule has 3 rings (SSSR count). The zero-order valence-corrected chi connectivity index (χ0v) is 23.3. The van der Waals surface area contributed by atoms with Gasteiger partial charge in [-0.05, 0) is 80.2 Å². The first-order chi connectivity index (χ1) is 18.0. The Bertz CT molecular complexity index is 1280. The molecule has 0 spiro atoms. The van der Waals surface area contributed by atoms with Gasteiger partial charge in [-0.1, -0.05) is 33.8 Å². The quantitative estimate of drug-likeness (QED) is 0.242. The van der Waals surface area contributed by atoms with E-state index in [4.69, 9.17) is 24.5 Å². The molecule has 2 aromatic heterocycles. The van der Waals surface area contributed by atoms with Gasteiger partial charge in [0.15, 0.2) is 0 Å². The minimum absolute atomic E-state index is 0.0993. The highest BCUT2D eigenvalue weighted by Gasteiger charge is 2.27. The lowest BCUT2D eigenvalue weighted by atomic mass is 10.1. The summed E-state index contributed by atoms with van der Waals surface area (Å²) in [7, 11) is -3.65. The number of pyridine rings is 1. The Balaban J connectivity index is 0.000000757. The van der Waals surface area contributed by atoms with Crippen molar-refractivity contribution in [2.75, 3.05) is 26.2 Å². The Kier molecular flexibility index (Phi) is 11.8. The maximum absolute atomic E-state index is 13.5. The van der Waals surface area contributed by atoms with Crippen molar-refractivity contribution in [1.82, 2.24) is 9.30 Å². The van der Waals surface area contributed by atoms with Crippen molar-refractivity contribution >= 4 is 27.3 Å². The molecule has 1 aromatic carbocycles. The van der Waals surface area contributed by atoms with Gasteiger partial charge >= 0.3 is 11.9 Å². The molecular formula is C28H38N2O7S. The molecule has 0 fully saturated rings. The number of aromatic nitrogens is 1. The van der Waals surface area contributed by atoms with E-state index >= 15 is 0 Å². The van der Waals surface area contributed by atoms with E-state index in [0.29, 0.717) is 27.7 Å². The van der Waals surface area contributed by atoms with Crippen LogP contribution >= 0.6 is 0 Å². The van der Waals surface area contributed by atoms with E-state index in [9.17, 15) is 8.42 Å². The summed E-state index contributed by atoms with van der Waals surface area (Å²) < 4.78 is 34.9. The third-order valence-corrected chi connectivity index (χ3v) is 7.71. The standard InChI is InChI=1S/C26H36N2O3S.C2H2O4/c1-5-15-27(16-6-2)17-9-19-31-22-11-13-23(14-12-22)32(29,30)26-24(21(3)4)20-28-18-8-7-10-25(26)28;3-1(4)2(5)6/h7-8,10-14,18,20-21H,5-6,9,15-17,19H2,1-4H3;(H,3,4)(H,5,6). The molecule has 0 saturated heterocycles. The van der Waals surface area contributed by atoms with Gasteiger partial charge < -0.3 is 24.3 Å². The number of sulfone groups is 1. The molecule has 0 aliphatic rings. The summed E-state index contributed by atoms with van der Waals surface area (Å²) in [5.41, 5.74) is 1.54. The smallest absolute Gasteiger partial charge is 0.414 e. The summed E-state index contributed by atoms with van der Waals surface area (Å²) in [6.07, 6.45) is 7.08. The molecule has 0 amide bonds. The van der Waals surface area contributed by atoms with Gasteiger partial charge in [-0.15, -0.1) is 0 Å². The van der Waals surface area contributed by atoms with Crippen molar-refractivity contribution in [3.8, 4) is 5.75 Å². The van der Waals surface area contributed by atoms with Crippen LogP contribution in [0.25, 0.3) is 5.52 Å². The van der Waals surface area contributed by atoms with Crippen LogP contribution < -0.4 is 4.74 Å². The number of carboxylic acids is 2. The number of carbonyl (C=O) groups is 2. The van der Waals surface area contributed by atoms with E-state index < -0.39 is 21.8 Å². The summed E-state index contributed by atoms with van der Waals surface area (Å²) in [5.74, 6) is -2.85. The molecule has 0 radical (unpaired) electrons. The van der Waals surface area contributed by atoms with Crippen LogP contribution in [0.4, 0.5) is 0 Å². The van der Waals surface area contributed by atoms with Crippen molar-refractivity contribution < 1.29 is 33.0 Å². The van der Waals surface area contributed by atoms with E-state index in [0.717, 1.165) is 44.5 Å². The molecule has 0 atom stereocenters. The Hall–Kier alpha value is -3.37. The molecular weight excluding hydrogens is 508 g/mol. The maximum Gasteiger partial charge on any atom is 0.414 e. The van der Waals surface area contributed by atoms with Gasteiger partial charge in [0.2, 0.25) is 9.84 Å². The maximum atomic E-state index is 13.5. The zero-order chi connectivity index (χ0) is 28.3. The van der Waals surface area contributed by atoms with Gasteiger partial charge in [0.05, 0.1) is 17.0 Å². The average Bonchev–Trinajstić information content (AvgIpc) is 3.28. The number of hydrogen-bond donors (Lipinski definition) is 2. The lowest BCUT2D eigenvalue weighted by molar-refractivity contribution is -0.159. The molecule has 2 N–H and O–H groups in total. The second-order valence-corrected chi connectivity index (χ2v) is 11.1. The number of nitrogens with zero attached hydrogens (tertiary/aromatic N) is 2. The highest BCUT2D eigenvalue weighted by molar-refractivity contribution is 7.91. The highest BCUT2D eigenvalue weighted by atomic mass is 32.2. The lowest BCUT2D eigenvalue weighted by Gasteiger charge is -2.20. The topological polar surface area (TPSA) is 126 Å². The Morgan fingerprint density at radius 2 is 1.55 bits per heavy atom. The van der Waals surface area contributed by atoms with Gasteiger partial charge in [-0.25, -0.2) is 18.0 Å². The minimum Gasteiger partial charge on any atom is -0.494 e. The Labute approximate surface area is 224 Å². The summed E-state index contributed by atoms with van der Waals surface area (Å²) in [6.45, 7) is 12.3. The molecule has 0 aliphatic heterocycles. The van der Waals surface area contributed by atoms with Crippen molar-refractivity contribution in [2.45, 2.75) is 62.7 Å². The molecule has 0 unspecified atom stereocenters. The molecule has 208 valence electrons. The molecule has 0 aliphatic carbocycles. The number of hydrogen-bond acceptors (Lipinski definition) is 6. The molecule has 0 saturated carbocycles. The third-order valence-electron chi connectivity index (χ3n) is 5.84. The number of ether oxygens (including phenoxy) is 1. The number of rotatable bonds is 12. The van der Waals surface area contributed by atoms with Gasteiger partial charge in [0.25, 0.3) is 0 Å². The lowest BCUT2D eigenvalue weighted by Crippen LogP contribution is -2.27. The Morgan fingerprint density at radius 1 is 0.947 bits per heavy atom. The average molecular weight is 547 g/mol. The minimum atomic E-state index is -3.65. The normalized spacial score (nSPS) is 11.4. The van der Waals surface area contributed by atoms with Gasteiger partial charge in [0.1, 0.15) is 10.6 Å². The fraction of sp³-hybridized carbons (Fsp3) is 0.429. The van der Waals surface area contributed by atoms with E-state index in [1.165, 1.54) is 0 Å². The largest absolute Gasteiger partial charge is 0.494 e. The van der Waals surface area contributed by atoms with Crippen LogP contribution in [0.3, 0.4) is 0 Å². The predicted octanol–water partition coefficient (Wildman–Crippen LogP) is 4.94. The van der Waals surface area contributed by atoms with E-state index in [1.807, 2.05) is 48.8 Å². The summed E-state index contributed by atoms with van der Waals surface area (Å²) in [5, 5.41) is 14.8. The second kappa shape index (κ2) is 14.5. The predicted molar refractivity (Wildman–Crippen MR) is 146 cm³/mol. The van der Waals surface area contributed by atoms with Crippen LogP contribution in [0.5, 0.6) is 5.75 Å². The van der Waals surface area contributed by atoms with Crippen molar-refractivity contribution in [1.29, 1.82) is 0 Å². The number of fused-ring (bicyclic) bond motifs is 1. The number of aliphatic carboxylic acids is 2. The van der Waals surface area contributed by atoms with E-state index in [2.05, 4.69) is 18.7 Å². The summed E-state index contributed by atoms with van der Waals surface area (Å²) in [4.78, 5) is 21.4. The van der Waals surface area contributed by atoms with Gasteiger partial charge in [-0.2, -0.15) is 0 Å². The molecule has 38 heavy (non-hydrogen) atoms. The van der Waals surface area contributed by atoms with Crippen LogP contribution in [-0.2, 0) is 19.4 Å². The SMILES string of the molecule is CCCN(CCC)CCCOc1ccc(S(=O)(=O)c2c(C(C)C)cn3ccccc23)cc1.O=C(O)C(=O)O. The van der Waals surface area contributed by atoms with Crippen LogP contribution in [0.2, 0.25) is 0 Å². The monoisotopic (exact) mass is 546 g/mol. The number of benzene rings is 1. The molecule has 2 heterocycles. The molecule has 0 bridgehead atoms. The van der Waals surface area contributed by atoms with Crippen LogP contribution in [0, 0.1) is 0 Å². The first kappa shape index (κ1) is 30.9. The number of carboxylic acid groups (broad SMARTS) is 2. The van der Waals surface area contributed by atoms with Gasteiger partial charge in [-0.3, -0.25) is 0 Å². The highest BCUT2D eigenvalue weighted by Crippen LogP contribution is 2.34. The molecule has 10 heteroatoms. The van der Waals surface area contributed by atoms with Crippen molar-refractivity contribution in [3.05, 3.63) is 60.4 Å². The van der Waals surface area contributed by atoms with E-state index in [1.54, 1.807) is 24.3 Å².